The summed E-state index contributed by atoms with van der Waals surface area (Å²) in [6.45, 7) is 0.483. The minimum absolute atomic E-state index is 0.112. The van der Waals surface area contributed by atoms with Crippen molar-refractivity contribution in [3.8, 4) is 40.6 Å². The predicted molar refractivity (Wildman–Crippen MR) is 185 cm³/mol. The number of aliphatic hydroxyl groups is 3. The second-order valence-corrected chi connectivity index (χ2v) is 13.6. The Morgan fingerprint density at radius 1 is 1.13 bits per heavy atom. The van der Waals surface area contributed by atoms with E-state index >= 15 is 0 Å². The van der Waals surface area contributed by atoms with Gasteiger partial charge in [0.05, 0.1) is 44.0 Å². The van der Waals surface area contributed by atoms with Crippen molar-refractivity contribution in [2.45, 2.75) is 73.9 Å². The highest BCUT2D eigenvalue weighted by atomic mass is 16.7. The van der Waals surface area contributed by atoms with Crippen molar-refractivity contribution in [3.05, 3.63) is 65.1 Å². The third kappa shape index (κ3) is 5.75. The van der Waals surface area contributed by atoms with Gasteiger partial charge >= 0.3 is 11.9 Å². The average molecular weight is 747 g/mol. The van der Waals surface area contributed by atoms with E-state index in [-0.39, 0.29) is 24.8 Å². The highest BCUT2D eigenvalue weighted by molar-refractivity contribution is 5.90. The van der Waals surface area contributed by atoms with Gasteiger partial charge in [-0.05, 0) is 12.1 Å². The first-order valence-corrected chi connectivity index (χ1v) is 17.1. The number of carboxylic acids is 1. The number of hydrogen-bond donors (Lipinski definition) is 7. The molecular weight excluding hydrogens is 708 g/mol. The first-order chi connectivity index (χ1) is 25.9. The summed E-state index contributed by atoms with van der Waals surface area (Å²) in [4.78, 5) is 26.8. The van der Waals surface area contributed by atoms with Gasteiger partial charge in [-0.1, -0.05) is 17.9 Å². The lowest BCUT2D eigenvalue weighted by atomic mass is 9.78. The number of aliphatic carboxylic acids is 1. The molecule has 5 aliphatic heterocycles. The Balaban J connectivity index is 1.26. The largest absolute Gasteiger partial charge is 0.493 e. The van der Waals surface area contributed by atoms with Gasteiger partial charge in [0, 0.05) is 59.7 Å². The molecule has 2 bridgehead atoms. The number of ether oxygens (including phenoxy) is 7. The summed E-state index contributed by atoms with van der Waals surface area (Å²) in [5, 5.41) is 44.7. The number of aliphatic hydroxyl groups excluding tert-OH is 2. The van der Waals surface area contributed by atoms with Crippen LogP contribution in [0.4, 0.5) is 0 Å². The van der Waals surface area contributed by atoms with E-state index in [0.717, 1.165) is 16.5 Å². The first kappa shape index (κ1) is 35.5. The number of H-pyrrole nitrogens is 1. The number of carbonyl (C=O) groups is 2. The van der Waals surface area contributed by atoms with E-state index in [0.29, 0.717) is 39.7 Å². The van der Waals surface area contributed by atoms with Crippen LogP contribution in [0.5, 0.6) is 28.7 Å². The average Bonchev–Trinajstić information content (AvgIpc) is 3.84. The molecule has 9 N–H and O–H groups in total. The molecule has 2 aromatic heterocycles. The standard InChI is InChI=1S/C37H38N4O13/c1-48-22-6-5-18-20-15-50-24-10-23-17(19(13-41-12-16-7-9-40-21(16)14-41)27(24)29(20)53-30(18)31(22)49-2)4-3-8-37(47)33(46)28(45)36(51-23)54-34(37)32(35(38)39)52-26(44)11-25(42)43/h5-7,9-10,12,14,20,28-29,32-36,40,45-47H,8,11,13,15,38-39H2,1-2H3,(H,42,43). The van der Waals surface area contributed by atoms with Gasteiger partial charge in [-0.2, -0.15) is 0 Å². The van der Waals surface area contributed by atoms with Crippen LogP contribution in [0.2, 0.25) is 0 Å². The fraction of sp³-hybridized carbons (Fsp3) is 0.405. The van der Waals surface area contributed by atoms with Crippen LogP contribution in [0, 0.1) is 11.8 Å². The van der Waals surface area contributed by atoms with Crippen LogP contribution in [0.1, 0.15) is 47.1 Å². The molecule has 1 saturated heterocycles. The molecule has 54 heavy (non-hydrogen) atoms. The Kier molecular flexibility index (Phi) is 8.84. The molecule has 17 heteroatoms. The number of aromatic amines is 1. The highest BCUT2D eigenvalue weighted by Gasteiger charge is 2.59. The molecule has 0 spiro atoms. The molecule has 17 nitrogen and oxygen atoms in total. The Labute approximate surface area is 307 Å². The van der Waals surface area contributed by atoms with Gasteiger partial charge < -0.3 is 74.6 Å². The summed E-state index contributed by atoms with van der Waals surface area (Å²) in [6, 6.07) is 7.28. The second-order valence-electron chi connectivity index (χ2n) is 13.6. The molecule has 0 radical (unpaired) electrons. The number of benzene rings is 2. The van der Waals surface area contributed by atoms with Crippen molar-refractivity contribution in [1.29, 1.82) is 0 Å². The quantitative estimate of drug-likeness (QED) is 0.0536. The minimum Gasteiger partial charge on any atom is -0.493 e. The Bertz CT molecular complexity index is 2180. The Hall–Kier alpha value is -5.48. The Morgan fingerprint density at radius 2 is 1.94 bits per heavy atom. The third-order valence-corrected chi connectivity index (χ3v) is 10.4. The maximum Gasteiger partial charge on any atom is 0.317 e. The van der Waals surface area contributed by atoms with Crippen LogP contribution >= 0.6 is 0 Å². The van der Waals surface area contributed by atoms with Crippen molar-refractivity contribution in [3.63, 3.8) is 0 Å². The molecule has 8 atom stereocenters. The summed E-state index contributed by atoms with van der Waals surface area (Å²) in [5.74, 6) is 5.11. The summed E-state index contributed by atoms with van der Waals surface area (Å²) in [7, 11) is 3.08. The lowest BCUT2D eigenvalue weighted by Gasteiger charge is -2.50. The van der Waals surface area contributed by atoms with Gasteiger partial charge in [0.15, 0.2) is 17.6 Å². The molecule has 9 rings (SSSR count). The van der Waals surface area contributed by atoms with Crippen LogP contribution in [0.3, 0.4) is 0 Å². The van der Waals surface area contributed by atoms with E-state index in [2.05, 4.69) is 16.8 Å². The molecule has 8 unspecified atom stereocenters. The molecule has 2 aromatic carbocycles. The predicted octanol–water partition coefficient (Wildman–Crippen LogP) is 0.586. The minimum atomic E-state index is -2.43. The highest BCUT2D eigenvalue weighted by Crippen LogP contribution is 2.58. The zero-order valence-corrected chi connectivity index (χ0v) is 29.1. The van der Waals surface area contributed by atoms with E-state index in [1.54, 1.807) is 13.2 Å². The smallest absolute Gasteiger partial charge is 0.317 e. The van der Waals surface area contributed by atoms with Crippen molar-refractivity contribution in [2.24, 2.45) is 11.5 Å². The van der Waals surface area contributed by atoms with Crippen LogP contribution in [0.15, 0.2) is 42.9 Å². The maximum absolute atomic E-state index is 12.4. The second kappa shape index (κ2) is 13.4. The number of hydrogen-bond acceptors (Lipinski definition) is 14. The number of nitrogens with zero attached hydrogens (tertiary/aromatic N) is 1. The molecule has 0 saturated carbocycles. The summed E-state index contributed by atoms with van der Waals surface area (Å²) < 4.78 is 44.0. The topological polar surface area (TPSA) is 252 Å². The Morgan fingerprint density at radius 3 is 2.67 bits per heavy atom. The lowest BCUT2D eigenvalue weighted by Crippen LogP contribution is -2.72. The van der Waals surface area contributed by atoms with Gasteiger partial charge in [-0.25, -0.2) is 0 Å². The van der Waals surface area contributed by atoms with Gasteiger partial charge in [0.2, 0.25) is 12.0 Å². The number of nitrogens with one attached hydrogen (secondary N) is 1. The number of esters is 1. The number of methoxy groups -OCH3 is 2. The van der Waals surface area contributed by atoms with Crippen molar-refractivity contribution >= 4 is 22.8 Å². The first-order valence-electron chi connectivity index (χ1n) is 17.1. The molecule has 0 amide bonds. The number of fused-ring (bicyclic) bond motifs is 9. The molecule has 284 valence electrons. The third-order valence-electron chi connectivity index (χ3n) is 10.4. The van der Waals surface area contributed by atoms with Crippen molar-refractivity contribution in [2.75, 3.05) is 20.8 Å². The monoisotopic (exact) mass is 746 g/mol. The number of rotatable bonds is 9. The van der Waals surface area contributed by atoms with Gasteiger partial charge in [0.25, 0.3) is 0 Å². The van der Waals surface area contributed by atoms with Gasteiger partial charge in [-0.3, -0.25) is 9.59 Å². The van der Waals surface area contributed by atoms with Crippen LogP contribution in [-0.2, 0) is 25.6 Å². The summed E-state index contributed by atoms with van der Waals surface area (Å²) >= 11 is 0. The van der Waals surface area contributed by atoms with E-state index < -0.39 is 73.4 Å². The fourth-order valence-electron chi connectivity index (χ4n) is 7.80. The number of nitrogens with two attached hydrogens (primary N) is 2. The van der Waals surface area contributed by atoms with Crippen LogP contribution in [-0.4, -0.2) is 105 Å². The molecule has 1 fully saturated rings. The van der Waals surface area contributed by atoms with Crippen molar-refractivity contribution < 1.29 is 63.2 Å². The maximum atomic E-state index is 12.4. The number of aromatic nitrogens is 2. The zero-order chi connectivity index (χ0) is 38.1. The van der Waals surface area contributed by atoms with Gasteiger partial charge in [0.1, 0.15) is 47.9 Å². The molecule has 7 heterocycles. The number of carboxylic acid groups (broad SMARTS) is 1. The molecule has 4 aromatic rings. The SMILES string of the molecule is COc1ccc2c(c1OC)OC1c3c(cc4c(c3Cn3cc5cc[nH]c5c3)C#CCC3(O)C(O)C(O)C(O4)OC3C(OC(=O)CC(=O)O)C(N)N)OCC21. The molecule has 0 aliphatic carbocycles. The molecule has 5 aliphatic rings. The van der Waals surface area contributed by atoms with Crippen molar-refractivity contribution in [1.82, 2.24) is 9.55 Å². The van der Waals surface area contributed by atoms with Crippen LogP contribution in [0.25, 0.3) is 10.9 Å². The van der Waals surface area contributed by atoms with E-state index in [1.165, 1.54) is 7.11 Å². The summed E-state index contributed by atoms with van der Waals surface area (Å²) in [6.07, 6.45) is -6.82. The molecular formula is C37H38N4O13. The van der Waals surface area contributed by atoms with Crippen LogP contribution < -0.4 is 35.2 Å². The van der Waals surface area contributed by atoms with E-state index in [9.17, 15) is 24.9 Å². The lowest BCUT2D eigenvalue weighted by molar-refractivity contribution is -0.324. The van der Waals surface area contributed by atoms with E-state index in [4.69, 9.17) is 49.7 Å². The van der Waals surface area contributed by atoms with Gasteiger partial charge in [-0.15, -0.1) is 0 Å². The zero-order valence-electron chi connectivity index (χ0n) is 29.1. The summed E-state index contributed by atoms with van der Waals surface area (Å²) in [5.41, 5.74) is 13.0. The van der Waals surface area contributed by atoms with E-state index in [1.807, 2.05) is 41.4 Å². The number of carbonyl (C=O) groups excluding carboxylic acids is 1. The normalized spacial score (nSPS) is 26.8. The fourth-order valence-corrected chi connectivity index (χ4v) is 7.80.